The molecule has 0 bridgehead atoms. The number of hydrogen-bond donors (Lipinski definition) is 0. The number of furan rings is 2. The smallest absolute Gasteiger partial charge is 0.374 e. The number of carbonyl (C=O) groups excluding carboxylic acids is 1. The van der Waals surface area contributed by atoms with Gasteiger partial charge in [-0.05, 0) is 39.1 Å². The highest BCUT2D eigenvalue weighted by Crippen LogP contribution is 2.28. The van der Waals surface area contributed by atoms with Crippen molar-refractivity contribution in [3.05, 3.63) is 59.2 Å². The van der Waals surface area contributed by atoms with Crippen LogP contribution in [-0.2, 0) is 11.3 Å². The maximum Gasteiger partial charge on any atom is 0.374 e. The Balaban J connectivity index is 1.76. The second-order valence-electron chi connectivity index (χ2n) is 5.99. The fourth-order valence-electron chi connectivity index (χ4n) is 2.73. The SMILES string of the molecule is COC(=O)c1oc(CN(C)[C@H](C)c2cc3ccccc3o2)cc1C. The number of fused-ring (bicyclic) bond motifs is 1. The number of ether oxygens (including phenoxy) is 1. The topological polar surface area (TPSA) is 55.8 Å². The predicted molar refractivity (Wildman–Crippen MR) is 90.9 cm³/mol. The predicted octanol–water partition coefficient (Wildman–Crippen LogP) is 4.31. The van der Waals surface area contributed by atoms with Crippen LogP contribution in [0, 0.1) is 6.92 Å². The summed E-state index contributed by atoms with van der Waals surface area (Å²) >= 11 is 0. The average molecular weight is 327 g/mol. The van der Waals surface area contributed by atoms with Crippen LogP contribution in [0.3, 0.4) is 0 Å². The van der Waals surface area contributed by atoms with Gasteiger partial charge >= 0.3 is 5.97 Å². The molecule has 3 aromatic rings. The first-order chi connectivity index (χ1) is 11.5. The molecule has 0 unspecified atom stereocenters. The third kappa shape index (κ3) is 3.08. The molecule has 126 valence electrons. The van der Waals surface area contributed by atoms with Crippen molar-refractivity contribution in [2.75, 3.05) is 14.2 Å². The molecule has 2 heterocycles. The number of aryl methyl sites for hydroxylation is 1. The van der Waals surface area contributed by atoms with Crippen LogP contribution in [0.2, 0.25) is 0 Å². The van der Waals surface area contributed by atoms with Gasteiger partial charge in [0.2, 0.25) is 5.76 Å². The molecule has 0 radical (unpaired) electrons. The molecule has 0 saturated carbocycles. The number of nitrogens with zero attached hydrogens (tertiary/aromatic N) is 1. The van der Waals surface area contributed by atoms with Gasteiger partial charge < -0.3 is 13.6 Å². The number of methoxy groups -OCH3 is 1. The highest BCUT2D eigenvalue weighted by molar-refractivity contribution is 5.87. The Hall–Kier alpha value is -2.53. The van der Waals surface area contributed by atoms with Crippen molar-refractivity contribution in [2.24, 2.45) is 0 Å². The summed E-state index contributed by atoms with van der Waals surface area (Å²) in [5.74, 6) is 1.43. The van der Waals surface area contributed by atoms with Gasteiger partial charge in [0, 0.05) is 10.9 Å². The van der Waals surface area contributed by atoms with E-state index in [4.69, 9.17) is 13.6 Å². The first-order valence-electron chi connectivity index (χ1n) is 7.86. The lowest BCUT2D eigenvalue weighted by Gasteiger charge is -2.21. The lowest BCUT2D eigenvalue weighted by Crippen LogP contribution is -2.21. The fraction of sp³-hybridized carbons (Fsp3) is 0.316. The van der Waals surface area contributed by atoms with E-state index in [-0.39, 0.29) is 11.8 Å². The van der Waals surface area contributed by atoms with E-state index >= 15 is 0 Å². The van der Waals surface area contributed by atoms with Crippen molar-refractivity contribution in [3.63, 3.8) is 0 Å². The molecule has 0 N–H and O–H groups in total. The van der Waals surface area contributed by atoms with Crippen LogP contribution in [-0.4, -0.2) is 25.0 Å². The molecule has 24 heavy (non-hydrogen) atoms. The molecule has 3 rings (SSSR count). The third-order valence-corrected chi connectivity index (χ3v) is 4.26. The second kappa shape index (κ2) is 6.53. The molecule has 5 nitrogen and oxygen atoms in total. The van der Waals surface area contributed by atoms with Crippen LogP contribution in [0.1, 0.15) is 40.6 Å². The Morgan fingerprint density at radius 2 is 2.00 bits per heavy atom. The minimum Gasteiger partial charge on any atom is -0.463 e. The zero-order chi connectivity index (χ0) is 17.3. The Morgan fingerprint density at radius 1 is 1.25 bits per heavy atom. The lowest BCUT2D eigenvalue weighted by atomic mass is 10.2. The fourth-order valence-corrected chi connectivity index (χ4v) is 2.73. The van der Waals surface area contributed by atoms with Gasteiger partial charge in [0.1, 0.15) is 17.1 Å². The van der Waals surface area contributed by atoms with E-state index in [2.05, 4.69) is 17.9 Å². The highest BCUT2D eigenvalue weighted by atomic mass is 16.5. The standard InChI is InChI=1S/C19H21NO4/c1-12-9-15(23-18(12)19(21)22-4)11-20(3)13(2)17-10-14-7-5-6-8-16(14)24-17/h5-10,13H,11H2,1-4H3/t13-/m1/s1. The molecule has 0 aliphatic carbocycles. The van der Waals surface area contributed by atoms with E-state index in [9.17, 15) is 4.79 Å². The van der Waals surface area contributed by atoms with Crippen molar-refractivity contribution < 1.29 is 18.4 Å². The second-order valence-corrected chi connectivity index (χ2v) is 5.99. The van der Waals surface area contributed by atoms with Crippen LogP contribution in [0.4, 0.5) is 0 Å². The zero-order valence-electron chi connectivity index (χ0n) is 14.3. The van der Waals surface area contributed by atoms with Crippen LogP contribution < -0.4 is 0 Å². The van der Waals surface area contributed by atoms with E-state index < -0.39 is 5.97 Å². The van der Waals surface area contributed by atoms with Gasteiger partial charge in [-0.25, -0.2) is 4.79 Å². The van der Waals surface area contributed by atoms with Crippen molar-refractivity contribution >= 4 is 16.9 Å². The van der Waals surface area contributed by atoms with Crippen molar-refractivity contribution in [2.45, 2.75) is 26.4 Å². The first-order valence-corrected chi connectivity index (χ1v) is 7.86. The Morgan fingerprint density at radius 3 is 2.71 bits per heavy atom. The minimum absolute atomic E-state index is 0.0735. The maximum atomic E-state index is 11.6. The monoisotopic (exact) mass is 327 g/mol. The molecule has 5 heteroatoms. The van der Waals surface area contributed by atoms with Gasteiger partial charge in [0.25, 0.3) is 0 Å². The summed E-state index contributed by atoms with van der Waals surface area (Å²) in [6.07, 6.45) is 0. The lowest BCUT2D eigenvalue weighted by molar-refractivity contribution is 0.0559. The Bertz CT molecular complexity index is 828. The van der Waals surface area contributed by atoms with Gasteiger partial charge in [-0.3, -0.25) is 4.90 Å². The molecule has 0 aliphatic rings. The van der Waals surface area contributed by atoms with Crippen molar-refractivity contribution in [1.82, 2.24) is 4.90 Å². The van der Waals surface area contributed by atoms with E-state index in [0.29, 0.717) is 6.54 Å². The molecular weight excluding hydrogens is 306 g/mol. The summed E-state index contributed by atoms with van der Waals surface area (Å²) in [6.45, 7) is 4.48. The highest BCUT2D eigenvalue weighted by Gasteiger charge is 2.20. The van der Waals surface area contributed by atoms with Gasteiger partial charge in [-0.2, -0.15) is 0 Å². The van der Waals surface area contributed by atoms with Crippen molar-refractivity contribution in [3.8, 4) is 0 Å². The normalized spacial score (nSPS) is 12.7. The van der Waals surface area contributed by atoms with Gasteiger partial charge in [0.15, 0.2) is 0 Å². The number of esters is 1. The molecule has 0 aliphatic heterocycles. The molecule has 0 amide bonds. The number of para-hydroxylation sites is 1. The molecule has 1 atom stereocenters. The minimum atomic E-state index is -0.452. The Labute approximate surface area is 140 Å². The number of rotatable bonds is 5. The molecule has 0 fully saturated rings. The third-order valence-electron chi connectivity index (χ3n) is 4.26. The Kier molecular flexibility index (Phi) is 4.44. The van der Waals surface area contributed by atoms with Gasteiger partial charge in [0.05, 0.1) is 19.7 Å². The average Bonchev–Trinajstić information content (AvgIpc) is 3.16. The first kappa shape index (κ1) is 16.3. The molecule has 2 aromatic heterocycles. The van der Waals surface area contributed by atoms with E-state index in [1.54, 1.807) is 0 Å². The zero-order valence-corrected chi connectivity index (χ0v) is 14.3. The molecule has 0 spiro atoms. The summed E-state index contributed by atoms with van der Waals surface area (Å²) in [6, 6.07) is 12.0. The summed E-state index contributed by atoms with van der Waals surface area (Å²) in [5.41, 5.74) is 1.66. The van der Waals surface area contributed by atoms with Crippen LogP contribution >= 0.6 is 0 Å². The summed E-state index contributed by atoms with van der Waals surface area (Å²) in [7, 11) is 3.34. The number of hydrogen-bond acceptors (Lipinski definition) is 5. The number of carbonyl (C=O) groups is 1. The molecule has 1 aromatic carbocycles. The summed E-state index contributed by atoms with van der Waals surface area (Å²) in [5, 5.41) is 1.09. The van der Waals surface area contributed by atoms with Crippen LogP contribution in [0.15, 0.2) is 45.2 Å². The maximum absolute atomic E-state index is 11.6. The quantitative estimate of drug-likeness (QED) is 0.653. The van der Waals surface area contributed by atoms with Gasteiger partial charge in [-0.15, -0.1) is 0 Å². The van der Waals surface area contributed by atoms with Crippen molar-refractivity contribution in [1.29, 1.82) is 0 Å². The summed E-state index contributed by atoms with van der Waals surface area (Å²) < 4.78 is 16.3. The largest absolute Gasteiger partial charge is 0.463 e. The van der Waals surface area contributed by atoms with Crippen LogP contribution in [0.5, 0.6) is 0 Å². The summed E-state index contributed by atoms with van der Waals surface area (Å²) in [4.78, 5) is 13.8. The van der Waals surface area contributed by atoms with E-state index in [1.807, 2.05) is 44.3 Å². The van der Waals surface area contributed by atoms with E-state index in [0.717, 1.165) is 28.1 Å². The van der Waals surface area contributed by atoms with E-state index in [1.165, 1.54) is 7.11 Å². The van der Waals surface area contributed by atoms with Gasteiger partial charge in [-0.1, -0.05) is 18.2 Å². The molecule has 0 saturated heterocycles. The van der Waals surface area contributed by atoms with Crippen LogP contribution in [0.25, 0.3) is 11.0 Å². The molecular formula is C19H21NO4. The number of benzene rings is 1.